The summed E-state index contributed by atoms with van der Waals surface area (Å²) in [6, 6.07) is 97.2. The van der Waals surface area contributed by atoms with Gasteiger partial charge in [-0.2, -0.15) is 9.97 Å². The molecule has 11 aromatic carbocycles. The van der Waals surface area contributed by atoms with Gasteiger partial charge in [0.05, 0.1) is 22.1 Å². The molecule has 14 aromatic rings. The number of rotatable bonds is 9. The number of hydrogen-bond acceptors (Lipinski definition) is 3. The Morgan fingerprint density at radius 3 is 1.20 bits per heavy atom. The molecule has 3 heterocycles. The van der Waals surface area contributed by atoms with Crippen LogP contribution in [0.25, 0.3) is 134 Å². The van der Waals surface area contributed by atoms with Crippen molar-refractivity contribution in [3.63, 3.8) is 0 Å². The number of fused-ring (bicyclic) bond motifs is 7. The molecule has 0 spiro atoms. The lowest BCUT2D eigenvalue weighted by atomic mass is 9.94. The lowest BCUT2D eigenvalue weighted by Crippen LogP contribution is -2.07. The Bertz CT molecular complexity index is 4270. The SMILES string of the molecule is c1ccc(-c2ccc(-c3nc(-c4ccc(-c5ccccc5)cc4)nc(-n4c5ccccc5c5c(-c6cccc(-c7ccccc7)c6)cc6c7ccccc7n(-c7cccc(-c8ccccc8)c7)c6c54)n3)cc2)cc1. The van der Waals surface area contributed by atoms with Crippen molar-refractivity contribution in [3.05, 3.63) is 273 Å². The largest absolute Gasteiger partial charge is 0.307 e. The van der Waals surface area contributed by atoms with Crippen LogP contribution in [0.2, 0.25) is 0 Å². The first-order valence-corrected chi connectivity index (χ1v) is 25.1. The molecule has 5 heteroatoms. The summed E-state index contributed by atoms with van der Waals surface area (Å²) in [6.45, 7) is 0. The fourth-order valence-corrected chi connectivity index (χ4v) is 10.9. The topological polar surface area (TPSA) is 48.5 Å². The van der Waals surface area contributed by atoms with Crippen molar-refractivity contribution in [2.75, 3.05) is 0 Å². The second-order valence-corrected chi connectivity index (χ2v) is 18.8. The molecule has 5 nitrogen and oxygen atoms in total. The van der Waals surface area contributed by atoms with E-state index in [0.29, 0.717) is 17.6 Å². The van der Waals surface area contributed by atoms with Crippen molar-refractivity contribution in [1.82, 2.24) is 24.1 Å². The molecule has 0 fully saturated rings. The molecule has 14 rings (SSSR count). The minimum Gasteiger partial charge on any atom is -0.307 e. The molecule has 0 bridgehead atoms. The predicted molar refractivity (Wildman–Crippen MR) is 307 cm³/mol. The summed E-state index contributed by atoms with van der Waals surface area (Å²) < 4.78 is 4.76. The molecule has 0 aliphatic heterocycles. The van der Waals surface area contributed by atoms with E-state index in [2.05, 4.69) is 270 Å². The Morgan fingerprint density at radius 2 is 0.649 bits per heavy atom. The molecule has 0 radical (unpaired) electrons. The van der Waals surface area contributed by atoms with E-state index in [1.807, 2.05) is 12.1 Å². The van der Waals surface area contributed by atoms with Crippen molar-refractivity contribution in [1.29, 1.82) is 0 Å². The number of para-hydroxylation sites is 2. The van der Waals surface area contributed by atoms with Crippen molar-refractivity contribution in [2.45, 2.75) is 0 Å². The molecule has 0 unspecified atom stereocenters. The zero-order chi connectivity index (χ0) is 49.0. The second kappa shape index (κ2) is 18.0. The van der Waals surface area contributed by atoms with E-state index in [0.717, 1.165) is 110 Å². The zero-order valence-corrected chi connectivity index (χ0v) is 40.2. The van der Waals surface area contributed by atoms with Gasteiger partial charge in [-0.25, -0.2) is 4.98 Å². The van der Waals surface area contributed by atoms with Crippen LogP contribution >= 0.6 is 0 Å². The minimum absolute atomic E-state index is 0.529. The van der Waals surface area contributed by atoms with Crippen LogP contribution in [0, 0.1) is 0 Å². The average molecular weight is 944 g/mol. The summed E-state index contributed by atoms with van der Waals surface area (Å²) in [4.78, 5) is 16.4. The van der Waals surface area contributed by atoms with E-state index < -0.39 is 0 Å². The van der Waals surface area contributed by atoms with Gasteiger partial charge in [0, 0.05) is 38.4 Å². The van der Waals surface area contributed by atoms with E-state index in [9.17, 15) is 0 Å². The molecule has 346 valence electrons. The van der Waals surface area contributed by atoms with Gasteiger partial charge in [0.1, 0.15) is 0 Å². The van der Waals surface area contributed by atoms with Crippen LogP contribution < -0.4 is 0 Å². The van der Waals surface area contributed by atoms with Crippen LogP contribution in [0.3, 0.4) is 0 Å². The standard InChI is InChI=1S/C69H45N5/c1-5-19-46(20-6-1)50-35-39-52(40-36-50)67-70-68(53-41-37-51(38-42-53)47-21-7-2-8-22-47)72-69(71-67)74-63-34-16-14-32-59(63)64-60(56-29-17-27-54(43-56)48-23-9-3-10-24-48)45-61-58-31-13-15-33-62(58)73(65(61)66(64)74)57-30-18-28-55(44-57)49-25-11-4-12-26-49/h1-45H. The summed E-state index contributed by atoms with van der Waals surface area (Å²) in [5.41, 5.74) is 18.4. The molecule has 0 atom stereocenters. The maximum atomic E-state index is 5.54. The molecule has 74 heavy (non-hydrogen) atoms. The maximum Gasteiger partial charge on any atom is 0.238 e. The molecular formula is C69H45N5. The van der Waals surface area contributed by atoms with Crippen molar-refractivity contribution in [3.8, 4) is 90.0 Å². The van der Waals surface area contributed by atoms with Gasteiger partial charge in [-0.1, -0.05) is 237 Å². The summed E-state index contributed by atoms with van der Waals surface area (Å²) in [5.74, 6) is 1.70. The fourth-order valence-electron chi connectivity index (χ4n) is 10.9. The first-order chi connectivity index (χ1) is 36.7. The van der Waals surface area contributed by atoms with E-state index in [-0.39, 0.29) is 0 Å². The Labute approximate surface area is 428 Å². The second-order valence-electron chi connectivity index (χ2n) is 18.8. The molecule has 0 aliphatic carbocycles. The highest BCUT2D eigenvalue weighted by Crippen LogP contribution is 2.47. The number of benzene rings is 11. The van der Waals surface area contributed by atoms with Crippen LogP contribution in [0.1, 0.15) is 0 Å². The van der Waals surface area contributed by atoms with Crippen LogP contribution in [0.15, 0.2) is 273 Å². The minimum atomic E-state index is 0.529. The van der Waals surface area contributed by atoms with Gasteiger partial charge >= 0.3 is 0 Å². The van der Waals surface area contributed by atoms with Crippen LogP contribution in [0.4, 0.5) is 0 Å². The van der Waals surface area contributed by atoms with Crippen molar-refractivity contribution < 1.29 is 0 Å². The van der Waals surface area contributed by atoms with Crippen LogP contribution in [-0.4, -0.2) is 24.1 Å². The summed E-state index contributed by atoms with van der Waals surface area (Å²) in [5, 5.41) is 4.50. The number of nitrogens with zero attached hydrogens (tertiary/aromatic N) is 5. The highest BCUT2D eigenvalue weighted by atomic mass is 15.2. The fraction of sp³-hybridized carbons (Fsp3) is 0. The van der Waals surface area contributed by atoms with Gasteiger partial charge in [-0.15, -0.1) is 0 Å². The highest BCUT2D eigenvalue weighted by molar-refractivity contribution is 6.28. The molecule has 0 N–H and O–H groups in total. The van der Waals surface area contributed by atoms with Crippen LogP contribution in [-0.2, 0) is 0 Å². The van der Waals surface area contributed by atoms with E-state index in [1.54, 1.807) is 0 Å². The third-order valence-corrected chi connectivity index (χ3v) is 14.4. The van der Waals surface area contributed by atoms with Crippen molar-refractivity contribution >= 4 is 43.6 Å². The quantitative estimate of drug-likeness (QED) is 0.145. The third-order valence-electron chi connectivity index (χ3n) is 14.4. The van der Waals surface area contributed by atoms with Gasteiger partial charge in [0.15, 0.2) is 11.6 Å². The van der Waals surface area contributed by atoms with Gasteiger partial charge in [0.25, 0.3) is 0 Å². The smallest absolute Gasteiger partial charge is 0.238 e. The Balaban J connectivity index is 1.09. The third kappa shape index (κ3) is 7.46. The van der Waals surface area contributed by atoms with E-state index >= 15 is 0 Å². The normalized spacial score (nSPS) is 11.5. The lowest BCUT2D eigenvalue weighted by Gasteiger charge is -2.15. The Morgan fingerprint density at radius 1 is 0.243 bits per heavy atom. The van der Waals surface area contributed by atoms with Gasteiger partial charge in [0.2, 0.25) is 5.95 Å². The number of hydrogen-bond donors (Lipinski definition) is 0. The van der Waals surface area contributed by atoms with Crippen LogP contribution in [0.5, 0.6) is 0 Å². The molecule has 0 amide bonds. The van der Waals surface area contributed by atoms with E-state index in [4.69, 9.17) is 15.0 Å². The molecule has 0 saturated heterocycles. The summed E-state index contributed by atoms with van der Waals surface area (Å²) >= 11 is 0. The molecule has 3 aromatic heterocycles. The van der Waals surface area contributed by atoms with E-state index in [1.165, 1.54) is 5.56 Å². The highest BCUT2D eigenvalue weighted by Gasteiger charge is 2.27. The van der Waals surface area contributed by atoms with Gasteiger partial charge in [-0.05, 0) is 92.0 Å². The zero-order valence-electron chi connectivity index (χ0n) is 40.2. The van der Waals surface area contributed by atoms with Gasteiger partial charge < -0.3 is 4.57 Å². The summed E-state index contributed by atoms with van der Waals surface area (Å²) in [7, 11) is 0. The Hall–Kier alpha value is -9.97. The lowest BCUT2D eigenvalue weighted by molar-refractivity contribution is 0.953. The number of aromatic nitrogens is 5. The maximum absolute atomic E-state index is 5.54. The predicted octanol–water partition coefficient (Wildman–Crippen LogP) is 17.7. The monoisotopic (exact) mass is 943 g/mol. The molecule has 0 saturated carbocycles. The first kappa shape index (κ1) is 42.9. The Kier molecular flexibility index (Phi) is 10.4. The van der Waals surface area contributed by atoms with Crippen molar-refractivity contribution in [2.24, 2.45) is 0 Å². The average Bonchev–Trinajstić information content (AvgIpc) is 4.04. The molecular weight excluding hydrogens is 899 g/mol. The molecule has 0 aliphatic rings. The van der Waals surface area contributed by atoms with Gasteiger partial charge in [-0.3, -0.25) is 4.57 Å². The first-order valence-electron chi connectivity index (χ1n) is 25.1. The summed E-state index contributed by atoms with van der Waals surface area (Å²) in [6.07, 6.45) is 0.